The number of rotatable bonds is 6. The van der Waals surface area contributed by atoms with Crippen molar-refractivity contribution in [3.05, 3.63) is 35.6 Å². The SMILES string of the molecule is COc1cc(C=CC(=O)N2CCCC(c3nnc(C(F)(F)F)o3)C2)cc(OC)c1OC. The molecule has 1 aliphatic heterocycles. The van der Waals surface area contributed by atoms with Crippen LogP contribution >= 0.6 is 0 Å². The summed E-state index contributed by atoms with van der Waals surface area (Å²) in [5.41, 5.74) is 0.656. The number of likely N-dealkylation sites (tertiary alicyclic amines) is 1. The predicted molar refractivity (Wildman–Crippen MR) is 103 cm³/mol. The van der Waals surface area contributed by atoms with Gasteiger partial charge in [-0.1, -0.05) is 0 Å². The normalized spacial score (nSPS) is 17.1. The molecule has 0 N–H and O–H groups in total. The molecule has 1 saturated heterocycles. The highest BCUT2D eigenvalue weighted by Gasteiger charge is 2.39. The lowest BCUT2D eigenvalue weighted by molar-refractivity contribution is -0.157. The summed E-state index contributed by atoms with van der Waals surface area (Å²) in [5, 5.41) is 6.58. The van der Waals surface area contributed by atoms with E-state index in [0.717, 1.165) is 0 Å². The second kappa shape index (κ2) is 9.27. The fourth-order valence-corrected chi connectivity index (χ4v) is 3.36. The minimum Gasteiger partial charge on any atom is -0.493 e. The Labute approximate surface area is 176 Å². The molecule has 0 spiro atoms. The zero-order chi connectivity index (χ0) is 22.6. The van der Waals surface area contributed by atoms with Gasteiger partial charge in [0.1, 0.15) is 0 Å². The van der Waals surface area contributed by atoms with Crippen LogP contribution < -0.4 is 14.2 Å². The van der Waals surface area contributed by atoms with Gasteiger partial charge in [0, 0.05) is 19.2 Å². The summed E-state index contributed by atoms with van der Waals surface area (Å²) in [6.45, 7) is 0.674. The maximum Gasteiger partial charge on any atom is 0.470 e. The fraction of sp³-hybridized carbons (Fsp3) is 0.450. The number of piperidine rings is 1. The number of benzene rings is 1. The van der Waals surface area contributed by atoms with Crippen LogP contribution in [0, 0.1) is 0 Å². The van der Waals surface area contributed by atoms with Crippen LogP contribution in [0.2, 0.25) is 0 Å². The summed E-state index contributed by atoms with van der Waals surface area (Å²) in [7, 11) is 4.48. The number of hydrogen-bond donors (Lipinski definition) is 0. The van der Waals surface area contributed by atoms with E-state index in [2.05, 4.69) is 10.2 Å². The standard InChI is InChI=1S/C20H22F3N3O5/c1-28-14-9-12(10-15(29-2)17(14)30-3)6-7-16(27)26-8-4-5-13(11-26)18-24-25-19(31-18)20(21,22)23/h6-7,9-10,13H,4-5,8,11H2,1-3H3. The van der Waals surface area contributed by atoms with Crippen LogP contribution in [0.25, 0.3) is 6.08 Å². The zero-order valence-corrected chi connectivity index (χ0v) is 17.2. The van der Waals surface area contributed by atoms with Crippen LogP contribution in [0.4, 0.5) is 13.2 Å². The molecule has 11 heteroatoms. The fourth-order valence-electron chi connectivity index (χ4n) is 3.36. The molecule has 1 unspecified atom stereocenters. The van der Waals surface area contributed by atoms with E-state index in [1.165, 1.54) is 27.4 Å². The van der Waals surface area contributed by atoms with Gasteiger partial charge in [0.05, 0.1) is 27.2 Å². The van der Waals surface area contributed by atoms with Gasteiger partial charge in [-0.2, -0.15) is 13.2 Å². The molecule has 31 heavy (non-hydrogen) atoms. The molecule has 1 aromatic carbocycles. The molecule has 1 atom stereocenters. The van der Waals surface area contributed by atoms with Crippen molar-refractivity contribution in [3.63, 3.8) is 0 Å². The highest BCUT2D eigenvalue weighted by molar-refractivity contribution is 5.92. The van der Waals surface area contributed by atoms with E-state index in [9.17, 15) is 18.0 Å². The van der Waals surface area contributed by atoms with Gasteiger partial charge in [-0.05, 0) is 36.6 Å². The molecule has 0 aliphatic carbocycles. The van der Waals surface area contributed by atoms with Crippen molar-refractivity contribution in [2.45, 2.75) is 24.9 Å². The van der Waals surface area contributed by atoms with Crippen molar-refractivity contribution in [3.8, 4) is 17.2 Å². The smallest absolute Gasteiger partial charge is 0.470 e. The summed E-state index contributed by atoms with van der Waals surface area (Å²) in [6, 6.07) is 3.39. The van der Waals surface area contributed by atoms with Gasteiger partial charge in [-0.15, -0.1) is 10.2 Å². The Morgan fingerprint density at radius 1 is 1.16 bits per heavy atom. The Morgan fingerprint density at radius 3 is 2.39 bits per heavy atom. The van der Waals surface area contributed by atoms with Crippen molar-refractivity contribution in [1.82, 2.24) is 15.1 Å². The van der Waals surface area contributed by atoms with Gasteiger partial charge < -0.3 is 23.5 Å². The van der Waals surface area contributed by atoms with Gasteiger partial charge in [0.2, 0.25) is 17.5 Å². The summed E-state index contributed by atoms with van der Waals surface area (Å²) in [4.78, 5) is 14.2. The third-order valence-electron chi connectivity index (χ3n) is 4.87. The number of nitrogens with zero attached hydrogens (tertiary/aromatic N) is 3. The second-order valence-corrected chi connectivity index (χ2v) is 6.86. The molecule has 0 saturated carbocycles. The summed E-state index contributed by atoms with van der Waals surface area (Å²) in [6.07, 6.45) is -0.542. The Morgan fingerprint density at radius 2 is 1.84 bits per heavy atom. The number of aromatic nitrogens is 2. The van der Waals surface area contributed by atoms with Crippen molar-refractivity contribution >= 4 is 12.0 Å². The maximum absolute atomic E-state index is 12.7. The van der Waals surface area contributed by atoms with Gasteiger partial charge >= 0.3 is 12.1 Å². The van der Waals surface area contributed by atoms with Crippen LogP contribution in [-0.4, -0.2) is 55.4 Å². The van der Waals surface area contributed by atoms with Gasteiger partial charge in [-0.3, -0.25) is 4.79 Å². The lowest BCUT2D eigenvalue weighted by atomic mass is 9.98. The molecule has 1 aliphatic rings. The quantitative estimate of drug-likeness (QED) is 0.634. The zero-order valence-electron chi connectivity index (χ0n) is 17.2. The van der Waals surface area contributed by atoms with Crippen molar-refractivity contribution < 1.29 is 36.6 Å². The van der Waals surface area contributed by atoms with Gasteiger partial charge in [0.15, 0.2) is 11.5 Å². The van der Waals surface area contributed by atoms with Crippen LogP contribution in [0.1, 0.15) is 36.1 Å². The Kier molecular flexibility index (Phi) is 6.71. The Hall–Kier alpha value is -3.24. The van der Waals surface area contributed by atoms with Crippen molar-refractivity contribution in [1.29, 1.82) is 0 Å². The first-order valence-electron chi connectivity index (χ1n) is 9.44. The number of methoxy groups -OCH3 is 3. The minimum absolute atomic E-state index is 0.113. The average Bonchev–Trinajstić information content (AvgIpc) is 3.27. The molecule has 0 bridgehead atoms. The predicted octanol–water partition coefficient (Wildman–Crippen LogP) is 3.53. The summed E-state index contributed by atoms with van der Waals surface area (Å²) >= 11 is 0. The number of amides is 1. The molecule has 1 amide bonds. The van der Waals surface area contributed by atoms with E-state index in [-0.39, 0.29) is 18.3 Å². The van der Waals surface area contributed by atoms with Crippen LogP contribution in [0.3, 0.4) is 0 Å². The highest BCUT2D eigenvalue weighted by atomic mass is 19.4. The Balaban J connectivity index is 1.72. The summed E-state index contributed by atoms with van der Waals surface area (Å²) in [5.74, 6) is -0.894. The number of hydrogen-bond acceptors (Lipinski definition) is 7. The van der Waals surface area contributed by atoms with E-state index in [4.69, 9.17) is 18.6 Å². The largest absolute Gasteiger partial charge is 0.493 e. The monoisotopic (exact) mass is 441 g/mol. The van der Waals surface area contributed by atoms with Gasteiger partial charge in [-0.25, -0.2) is 0 Å². The highest BCUT2D eigenvalue weighted by Crippen LogP contribution is 2.38. The maximum atomic E-state index is 12.7. The van der Waals surface area contributed by atoms with E-state index >= 15 is 0 Å². The first kappa shape index (κ1) is 22.4. The van der Waals surface area contributed by atoms with Crippen LogP contribution in [0.15, 0.2) is 22.6 Å². The van der Waals surface area contributed by atoms with E-state index in [1.54, 1.807) is 23.1 Å². The third kappa shape index (κ3) is 5.09. The molecular formula is C20H22F3N3O5. The first-order valence-corrected chi connectivity index (χ1v) is 9.44. The average molecular weight is 441 g/mol. The molecule has 168 valence electrons. The Bertz CT molecular complexity index is 933. The topological polar surface area (TPSA) is 86.9 Å². The van der Waals surface area contributed by atoms with E-state index in [1.807, 2.05) is 0 Å². The molecule has 3 rings (SSSR count). The van der Waals surface area contributed by atoms with Crippen molar-refractivity contribution in [2.24, 2.45) is 0 Å². The summed E-state index contributed by atoms with van der Waals surface area (Å²) < 4.78 is 58.7. The molecule has 2 heterocycles. The van der Waals surface area contributed by atoms with E-state index < -0.39 is 18.0 Å². The lowest BCUT2D eigenvalue weighted by Crippen LogP contribution is -2.38. The second-order valence-electron chi connectivity index (χ2n) is 6.86. The van der Waals surface area contributed by atoms with Crippen LogP contribution in [-0.2, 0) is 11.0 Å². The number of carbonyl (C=O) groups is 1. The molecule has 1 aromatic heterocycles. The molecular weight excluding hydrogens is 419 g/mol. The lowest BCUT2D eigenvalue weighted by Gasteiger charge is -2.30. The minimum atomic E-state index is -4.70. The molecule has 2 aromatic rings. The number of halogens is 3. The molecule has 8 nitrogen and oxygen atoms in total. The third-order valence-corrected chi connectivity index (χ3v) is 4.87. The number of alkyl halides is 3. The van der Waals surface area contributed by atoms with E-state index in [0.29, 0.717) is 42.2 Å². The molecule has 0 radical (unpaired) electrons. The number of ether oxygens (including phenoxy) is 3. The van der Waals surface area contributed by atoms with Gasteiger partial charge in [0.25, 0.3) is 0 Å². The van der Waals surface area contributed by atoms with Crippen LogP contribution in [0.5, 0.6) is 17.2 Å². The van der Waals surface area contributed by atoms with Crippen molar-refractivity contribution in [2.75, 3.05) is 34.4 Å². The number of carbonyl (C=O) groups excluding carboxylic acids is 1. The molecule has 1 fully saturated rings. The first-order chi connectivity index (χ1) is 14.8.